The molecule has 0 bridgehead atoms. The van der Waals surface area contributed by atoms with Gasteiger partial charge in [0.1, 0.15) is 5.82 Å². The number of piperazine rings is 1. The number of halogens is 1. The Kier molecular flexibility index (Phi) is 3.33. The lowest BCUT2D eigenvalue weighted by molar-refractivity contribution is -0.0603. The summed E-state index contributed by atoms with van der Waals surface area (Å²) in [5.41, 5.74) is 0. The van der Waals surface area contributed by atoms with Gasteiger partial charge in [-0.05, 0) is 30.9 Å². The number of ether oxygens (including phenoxy) is 1. The van der Waals surface area contributed by atoms with E-state index in [2.05, 4.69) is 14.8 Å². The Balaban J connectivity index is 1.51. The fraction of sp³-hybridized carbons (Fsp3) is 0.667. The molecule has 0 aromatic carbocycles. The quantitative estimate of drug-likeness (QED) is 0.834. The molecule has 4 rings (SSSR count). The van der Waals surface area contributed by atoms with Crippen LogP contribution in [0.5, 0.6) is 0 Å². The monoisotopic (exact) mass is 293 g/mol. The molecule has 5 heteroatoms. The summed E-state index contributed by atoms with van der Waals surface area (Å²) in [6.07, 6.45) is 4.58. The number of morpholine rings is 1. The normalized spacial score (nSPS) is 31.1. The maximum Gasteiger partial charge on any atom is 0.147 e. The van der Waals surface area contributed by atoms with Crippen LogP contribution in [0.1, 0.15) is 12.8 Å². The van der Waals surface area contributed by atoms with Crippen molar-refractivity contribution >= 4 is 17.4 Å². The lowest BCUT2D eigenvalue weighted by Crippen LogP contribution is -2.62. The number of hydrogen-bond acceptors (Lipinski definition) is 4. The number of anilines is 1. The van der Waals surface area contributed by atoms with Crippen LogP contribution in [0.25, 0.3) is 0 Å². The molecule has 0 unspecified atom stereocenters. The van der Waals surface area contributed by atoms with Gasteiger partial charge < -0.3 is 9.64 Å². The van der Waals surface area contributed by atoms with Gasteiger partial charge in [-0.25, -0.2) is 4.98 Å². The summed E-state index contributed by atoms with van der Waals surface area (Å²) >= 11 is 6.27. The zero-order valence-electron chi connectivity index (χ0n) is 11.5. The summed E-state index contributed by atoms with van der Waals surface area (Å²) in [6, 6.07) is 4.94. The summed E-state index contributed by atoms with van der Waals surface area (Å²) in [4.78, 5) is 9.42. The van der Waals surface area contributed by atoms with Crippen LogP contribution in [-0.4, -0.2) is 54.8 Å². The second kappa shape index (κ2) is 5.17. The minimum Gasteiger partial charge on any atom is -0.378 e. The molecule has 1 aliphatic carbocycles. The molecule has 1 aromatic heterocycles. The first-order chi connectivity index (χ1) is 9.83. The molecule has 3 fully saturated rings. The zero-order chi connectivity index (χ0) is 13.5. The van der Waals surface area contributed by atoms with Gasteiger partial charge in [0.15, 0.2) is 0 Å². The van der Waals surface area contributed by atoms with E-state index in [4.69, 9.17) is 16.3 Å². The highest BCUT2D eigenvalue weighted by atomic mass is 35.5. The Hall–Kier alpha value is -0.840. The number of aromatic nitrogens is 1. The van der Waals surface area contributed by atoms with E-state index in [1.165, 1.54) is 12.8 Å². The van der Waals surface area contributed by atoms with Crippen LogP contribution in [0.2, 0.25) is 5.02 Å². The second-order valence-corrected chi connectivity index (χ2v) is 6.50. The van der Waals surface area contributed by atoms with Crippen molar-refractivity contribution in [1.29, 1.82) is 0 Å². The Labute approximate surface area is 124 Å². The summed E-state index contributed by atoms with van der Waals surface area (Å²) in [5.74, 6) is 1.80. The molecular weight excluding hydrogens is 274 g/mol. The van der Waals surface area contributed by atoms with Crippen molar-refractivity contribution in [2.45, 2.75) is 24.9 Å². The highest BCUT2D eigenvalue weighted by Gasteiger charge is 2.43. The van der Waals surface area contributed by atoms with Crippen LogP contribution in [0.3, 0.4) is 0 Å². The van der Waals surface area contributed by atoms with Crippen LogP contribution < -0.4 is 4.90 Å². The summed E-state index contributed by atoms with van der Waals surface area (Å²) in [6.45, 7) is 4.84. The lowest BCUT2D eigenvalue weighted by atomic mass is 10.0. The molecule has 2 aliphatic heterocycles. The van der Waals surface area contributed by atoms with Gasteiger partial charge in [0.05, 0.1) is 24.3 Å². The maximum atomic E-state index is 6.27. The molecule has 1 aromatic rings. The second-order valence-electron chi connectivity index (χ2n) is 6.09. The molecule has 108 valence electrons. The summed E-state index contributed by atoms with van der Waals surface area (Å²) in [7, 11) is 0. The van der Waals surface area contributed by atoms with Gasteiger partial charge in [-0.2, -0.15) is 0 Å². The maximum absolute atomic E-state index is 6.27. The Morgan fingerprint density at radius 2 is 2.15 bits per heavy atom. The zero-order valence-corrected chi connectivity index (χ0v) is 12.3. The number of nitrogens with zero attached hydrogens (tertiary/aromatic N) is 3. The molecule has 0 radical (unpaired) electrons. The van der Waals surface area contributed by atoms with Crippen molar-refractivity contribution in [3.8, 4) is 0 Å². The topological polar surface area (TPSA) is 28.6 Å². The molecule has 1 saturated carbocycles. The van der Waals surface area contributed by atoms with E-state index in [9.17, 15) is 0 Å². The minimum absolute atomic E-state index is 0.487. The molecule has 20 heavy (non-hydrogen) atoms. The number of pyridine rings is 1. The number of rotatable bonds is 2. The van der Waals surface area contributed by atoms with E-state index in [1.807, 2.05) is 18.3 Å². The van der Waals surface area contributed by atoms with Crippen molar-refractivity contribution in [2.75, 3.05) is 37.7 Å². The predicted octanol–water partition coefficient (Wildman–Crippen LogP) is 2.03. The molecule has 2 saturated heterocycles. The van der Waals surface area contributed by atoms with E-state index in [0.29, 0.717) is 12.1 Å². The van der Waals surface area contributed by atoms with Crippen molar-refractivity contribution in [1.82, 2.24) is 9.88 Å². The Morgan fingerprint density at radius 1 is 1.25 bits per heavy atom. The third-order valence-corrected chi connectivity index (χ3v) is 5.05. The van der Waals surface area contributed by atoms with Gasteiger partial charge in [-0.15, -0.1) is 0 Å². The third-order valence-electron chi connectivity index (χ3n) is 4.76. The predicted molar refractivity (Wildman–Crippen MR) is 79.3 cm³/mol. The molecule has 0 N–H and O–H groups in total. The van der Waals surface area contributed by atoms with E-state index < -0.39 is 0 Å². The van der Waals surface area contributed by atoms with Gasteiger partial charge in [0.25, 0.3) is 0 Å². The van der Waals surface area contributed by atoms with Crippen molar-refractivity contribution < 1.29 is 4.74 Å². The van der Waals surface area contributed by atoms with Gasteiger partial charge >= 0.3 is 0 Å². The first-order valence-corrected chi connectivity index (χ1v) is 7.89. The molecule has 0 spiro atoms. The average Bonchev–Trinajstić information content (AvgIpc) is 3.31. The van der Waals surface area contributed by atoms with E-state index >= 15 is 0 Å². The van der Waals surface area contributed by atoms with E-state index in [-0.39, 0.29) is 0 Å². The standard InChI is InChI=1S/C15H20ClN3O/c16-13-2-1-5-17-15(13)18-6-7-19-12(8-18)9-20-10-14(19)11-3-4-11/h1-2,5,11-12,14H,3-4,6-10H2/t12-,14-/m1/s1. The molecule has 3 aliphatic rings. The van der Waals surface area contributed by atoms with Crippen molar-refractivity contribution in [3.05, 3.63) is 23.4 Å². The molecule has 3 heterocycles. The van der Waals surface area contributed by atoms with Gasteiger partial charge in [0.2, 0.25) is 0 Å². The first-order valence-electron chi connectivity index (χ1n) is 7.52. The Morgan fingerprint density at radius 3 is 2.95 bits per heavy atom. The van der Waals surface area contributed by atoms with Crippen LogP contribution in [0, 0.1) is 5.92 Å². The highest BCUT2D eigenvalue weighted by Crippen LogP contribution is 2.38. The van der Waals surface area contributed by atoms with Gasteiger partial charge in [-0.3, -0.25) is 4.90 Å². The smallest absolute Gasteiger partial charge is 0.147 e. The molecule has 4 nitrogen and oxygen atoms in total. The van der Waals surface area contributed by atoms with Crippen LogP contribution >= 0.6 is 11.6 Å². The van der Waals surface area contributed by atoms with Crippen LogP contribution in [0.4, 0.5) is 5.82 Å². The lowest BCUT2D eigenvalue weighted by Gasteiger charge is -2.48. The third kappa shape index (κ3) is 2.30. The fourth-order valence-electron chi connectivity index (χ4n) is 3.57. The largest absolute Gasteiger partial charge is 0.378 e. The van der Waals surface area contributed by atoms with Crippen molar-refractivity contribution in [3.63, 3.8) is 0 Å². The SMILES string of the molecule is Clc1cccnc1N1CCN2[C@@H](COC[C@@H]2C2CC2)C1. The number of fused-ring (bicyclic) bond motifs is 1. The van der Waals surface area contributed by atoms with E-state index in [0.717, 1.165) is 49.6 Å². The van der Waals surface area contributed by atoms with Gasteiger partial charge in [0, 0.05) is 31.9 Å². The van der Waals surface area contributed by atoms with Crippen LogP contribution in [-0.2, 0) is 4.74 Å². The fourth-order valence-corrected chi connectivity index (χ4v) is 3.81. The Bertz CT molecular complexity index is 494. The molecular formula is C15H20ClN3O. The summed E-state index contributed by atoms with van der Waals surface area (Å²) < 4.78 is 5.85. The molecule has 2 atom stereocenters. The summed E-state index contributed by atoms with van der Waals surface area (Å²) in [5, 5.41) is 0.747. The highest BCUT2D eigenvalue weighted by molar-refractivity contribution is 6.32. The van der Waals surface area contributed by atoms with E-state index in [1.54, 1.807) is 0 Å². The number of hydrogen-bond donors (Lipinski definition) is 0. The first kappa shape index (κ1) is 12.9. The molecule has 0 amide bonds. The van der Waals surface area contributed by atoms with Crippen molar-refractivity contribution in [2.24, 2.45) is 5.92 Å². The average molecular weight is 294 g/mol. The van der Waals surface area contributed by atoms with Crippen LogP contribution in [0.15, 0.2) is 18.3 Å². The van der Waals surface area contributed by atoms with Gasteiger partial charge in [-0.1, -0.05) is 11.6 Å². The minimum atomic E-state index is 0.487.